The number of sulfonamides is 1. The van der Waals surface area contributed by atoms with Gasteiger partial charge in [0.25, 0.3) is 10.0 Å². The molecule has 0 aromatic heterocycles. The molecule has 3 aromatic carbocycles. The summed E-state index contributed by atoms with van der Waals surface area (Å²) >= 11 is 13.9. The average molecular weight is 556 g/mol. The molecular weight excluding hydrogens is 530 g/mol. The van der Waals surface area contributed by atoms with Crippen molar-refractivity contribution in [1.29, 1.82) is 0 Å². The van der Waals surface area contributed by atoms with E-state index in [9.17, 15) is 17.6 Å². The van der Waals surface area contributed by atoms with Crippen LogP contribution in [0.1, 0.15) is 17.5 Å². The number of anilines is 1. The van der Waals surface area contributed by atoms with Crippen LogP contribution in [0.3, 0.4) is 0 Å². The molecule has 186 valence electrons. The van der Waals surface area contributed by atoms with Crippen LogP contribution in [-0.4, -0.2) is 33.2 Å². The average Bonchev–Trinajstić information content (AvgIpc) is 2.80. The highest BCUT2D eigenvalue weighted by molar-refractivity contribution is 7.98. The maximum absolute atomic E-state index is 13.4. The van der Waals surface area contributed by atoms with Gasteiger partial charge in [-0.15, -0.1) is 0 Å². The number of thioether (sulfide) groups is 1. The lowest BCUT2D eigenvalue weighted by molar-refractivity contribution is -0.119. The predicted molar refractivity (Wildman–Crippen MR) is 142 cm³/mol. The van der Waals surface area contributed by atoms with Gasteiger partial charge in [-0.2, -0.15) is 11.8 Å². The fourth-order valence-corrected chi connectivity index (χ4v) is 6.03. The first-order valence-electron chi connectivity index (χ1n) is 10.8. The summed E-state index contributed by atoms with van der Waals surface area (Å²) in [4.78, 5) is 12.7. The number of hydrogen-bond donors (Lipinski definition) is 1. The largest absolute Gasteiger partial charge is 0.354 e. The molecule has 0 spiro atoms. The minimum atomic E-state index is -4.05. The van der Waals surface area contributed by atoms with Crippen LogP contribution in [0, 0.1) is 12.7 Å². The summed E-state index contributed by atoms with van der Waals surface area (Å²) in [5.74, 6) is 0.819. The molecular formula is C25H25Cl2FN2O3S2. The Morgan fingerprint density at radius 1 is 1.00 bits per heavy atom. The molecule has 1 N–H and O–H groups in total. The van der Waals surface area contributed by atoms with E-state index < -0.39 is 22.5 Å². The lowest BCUT2D eigenvalue weighted by Gasteiger charge is -2.24. The topological polar surface area (TPSA) is 66.5 Å². The highest BCUT2D eigenvalue weighted by Crippen LogP contribution is 2.29. The van der Waals surface area contributed by atoms with Gasteiger partial charge in [0.1, 0.15) is 12.4 Å². The van der Waals surface area contributed by atoms with E-state index in [1.807, 2.05) is 6.92 Å². The van der Waals surface area contributed by atoms with E-state index in [2.05, 4.69) is 5.32 Å². The Balaban J connectivity index is 1.62. The first-order chi connectivity index (χ1) is 16.6. The second-order valence-electron chi connectivity index (χ2n) is 7.83. The van der Waals surface area contributed by atoms with Gasteiger partial charge in [-0.3, -0.25) is 9.10 Å². The van der Waals surface area contributed by atoms with Gasteiger partial charge < -0.3 is 5.32 Å². The van der Waals surface area contributed by atoms with Crippen molar-refractivity contribution in [2.24, 2.45) is 0 Å². The summed E-state index contributed by atoms with van der Waals surface area (Å²) in [6.07, 6.45) is 0.700. The van der Waals surface area contributed by atoms with Gasteiger partial charge >= 0.3 is 0 Å². The third kappa shape index (κ3) is 8.14. The van der Waals surface area contributed by atoms with Crippen LogP contribution in [0.5, 0.6) is 0 Å². The second kappa shape index (κ2) is 12.6. The van der Waals surface area contributed by atoms with E-state index >= 15 is 0 Å². The van der Waals surface area contributed by atoms with E-state index in [4.69, 9.17) is 23.2 Å². The molecule has 0 aliphatic carbocycles. The first-order valence-corrected chi connectivity index (χ1v) is 14.1. The van der Waals surface area contributed by atoms with Crippen molar-refractivity contribution in [3.8, 4) is 0 Å². The number of aryl methyl sites for hydroxylation is 1. The van der Waals surface area contributed by atoms with Crippen LogP contribution < -0.4 is 9.62 Å². The maximum atomic E-state index is 13.4. The number of amides is 1. The van der Waals surface area contributed by atoms with Crippen molar-refractivity contribution < 1.29 is 17.6 Å². The van der Waals surface area contributed by atoms with Crippen molar-refractivity contribution >= 4 is 56.6 Å². The summed E-state index contributed by atoms with van der Waals surface area (Å²) in [6.45, 7) is 1.83. The lowest BCUT2D eigenvalue weighted by Crippen LogP contribution is -2.41. The van der Waals surface area contributed by atoms with E-state index in [-0.39, 0.29) is 26.4 Å². The smallest absolute Gasteiger partial charge is 0.264 e. The zero-order valence-electron chi connectivity index (χ0n) is 19.0. The Morgan fingerprint density at radius 2 is 1.63 bits per heavy atom. The Labute approximate surface area is 219 Å². The zero-order chi connectivity index (χ0) is 25.4. The Kier molecular flexibility index (Phi) is 9.86. The van der Waals surface area contributed by atoms with Crippen LogP contribution in [0.25, 0.3) is 0 Å². The molecule has 0 unspecified atom stereocenters. The summed E-state index contributed by atoms with van der Waals surface area (Å²) in [6, 6.07) is 17.1. The molecule has 0 aliphatic rings. The molecule has 0 fully saturated rings. The van der Waals surface area contributed by atoms with Crippen molar-refractivity contribution in [2.75, 3.05) is 23.1 Å². The van der Waals surface area contributed by atoms with Gasteiger partial charge in [-0.05, 0) is 67.1 Å². The van der Waals surface area contributed by atoms with Gasteiger partial charge in [0.15, 0.2) is 0 Å². The summed E-state index contributed by atoms with van der Waals surface area (Å²) in [5, 5.41) is 3.30. The number of hydrogen-bond acceptors (Lipinski definition) is 4. The van der Waals surface area contributed by atoms with Gasteiger partial charge in [0, 0.05) is 22.3 Å². The van der Waals surface area contributed by atoms with Crippen molar-refractivity contribution in [2.45, 2.75) is 24.0 Å². The third-order valence-electron chi connectivity index (χ3n) is 5.00. The van der Waals surface area contributed by atoms with Crippen LogP contribution in [0.15, 0.2) is 71.6 Å². The van der Waals surface area contributed by atoms with E-state index in [0.717, 1.165) is 26.9 Å². The van der Waals surface area contributed by atoms with Crippen molar-refractivity contribution in [3.63, 3.8) is 0 Å². The molecule has 0 heterocycles. The zero-order valence-corrected chi connectivity index (χ0v) is 22.2. The molecule has 0 bridgehead atoms. The summed E-state index contributed by atoms with van der Waals surface area (Å²) < 4.78 is 40.8. The van der Waals surface area contributed by atoms with Crippen LogP contribution in [0.4, 0.5) is 10.1 Å². The monoisotopic (exact) mass is 554 g/mol. The predicted octanol–water partition coefficient (Wildman–Crippen LogP) is 6.08. The number of nitrogens with one attached hydrogen (secondary N) is 1. The van der Waals surface area contributed by atoms with E-state index in [1.165, 1.54) is 42.5 Å². The van der Waals surface area contributed by atoms with Crippen molar-refractivity contribution in [1.82, 2.24) is 5.32 Å². The second-order valence-corrected chi connectivity index (χ2v) is 11.7. The van der Waals surface area contributed by atoms with E-state index in [1.54, 1.807) is 36.0 Å². The molecule has 35 heavy (non-hydrogen) atoms. The molecule has 0 saturated carbocycles. The fraction of sp³-hybridized carbons (Fsp3) is 0.240. The lowest BCUT2D eigenvalue weighted by atomic mass is 10.2. The number of halogens is 3. The first kappa shape index (κ1) is 27.3. The minimum absolute atomic E-state index is 0.0594. The number of benzene rings is 3. The van der Waals surface area contributed by atoms with Crippen LogP contribution >= 0.6 is 35.0 Å². The third-order valence-corrected chi connectivity index (χ3v) is 8.34. The van der Waals surface area contributed by atoms with Crippen LogP contribution in [-0.2, 0) is 20.6 Å². The standard InChI is InChI=1S/C25H25Cl2FN2O3S2/c1-18-3-9-24(10-4-18)35(32,33)30(23-14-20(26)13-21(27)15-23)16-25(31)29-11-2-12-34-17-19-5-7-22(28)8-6-19/h3-10,13-15H,2,11-12,16-17H2,1H3,(H,29,31). The summed E-state index contributed by atoms with van der Waals surface area (Å²) in [7, 11) is -4.05. The Hall–Kier alpha value is -2.26. The Bertz CT molecular complexity index is 1230. The van der Waals surface area contributed by atoms with Gasteiger partial charge in [-0.25, -0.2) is 12.8 Å². The minimum Gasteiger partial charge on any atom is -0.354 e. The molecule has 3 rings (SSSR count). The van der Waals surface area contributed by atoms with Gasteiger partial charge in [-0.1, -0.05) is 53.0 Å². The maximum Gasteiger partial charge on any atom is 0.264 e. The molecule has 0 radical (unpaired) electrons. The van der Waals surface area contributed by atoms with Gasteiger partial charge in [0.05, 0.1) is 10.6 Å². The SMILES string of the molecule is Cc1ccc(S(=O)(=O)N(CC(=O)NCCCSCc2ccc(F)cc2)c2cc(Cl)cc(Cl)c2)cc1. The molecule has 1 amide bonds. The van der Waals surface area contributed by atoms with E-state index in [0.29, 0.717) is 13.0 Å². The number of rotatable bonds is 11. The molecule has 5 nitrogen and oxygen atoms in total. The molecule has 0 aliphatic heterocycles. The molecule has 10 heteroatoms. The quantitative estimate of drug-likeness (QED) is 0.292. The highest BCUT2D eigenvalue weighted by Gasteiger charge is 2.27. The highest BCUT2D eigenvalue weighted by atomic mass is 35.5. The molecule has 0 atom stereocenters. The summed E-state index contributed by atoms with van der Waals surface area (Å²) in [5.41, 5.74) is 2.14. The number of carbonyl (C=O) groups excluding carboxylic acids is 1. The molecule has 0 saturated heterocycles. The van der Waals surface area contributed by atoms with Crippen LogP contribution in [0.2, 0.25) is 10.0 Å². The Morgan fingerprint density at radius 3 is 2.26 bits per heavy atom. The fourth-order valence-electron chi connectivity index (χ4n) is 3.19. The normalized spacial score (nSPS) is 11.3. The van der Waals surface area contributed by atoms with Crippen molar-refractivity contribution in [3.05, 3.63) is 93.7 Å². The number of carbonyl (C=O) groups is 1. The number of nitrogens with zero attached hydrogens (tertiary/aromatic N) is 1. The molecule has 3 aromatic rings. The van der Waals surface area contributed by atoms with Gasteiger partial charge in [0.2, 0.25) is 5.91 Å².